The lowest BCUT2D eigenvalue weighted by molar-refractivity contribution is -0.137. The van der Waals surface area contributed by atoms with Crippen molar-refractivity contribution >= 4 is 11.6 Å². The summed E-state index contributed by atoms with van der Waals surface area (Å²) in [5.74, 6) is 0. The first kappa shape index (κ1) is 13.8. The average Bonchev–Trinajstić information content (AvgIpc) is 2.37. The van der Waals surface area contributed by atoms with Crippen molar-refractivity contribution in [3.05, 3.63) is 52.8 Å². The zero-order chi connectivity index (χ0) is 14.0. The van der Waals surface area contributed by atoms with Crippen molar-refractivity contribution in [3.8, 4) is 11.1 Å². The number of benzene rings is 1. The number of hydrogen-bond donors (Lipinski definition) is 1. The first-order chi connectivity index (χ1) is 8.93. The Hall–Kier alpha value is -1.59. The molecule has 1 N–H and O–H groups in total. The van der Waals surface area contributed by atoms with Gasteiger partial charge in [-0.3, -0.25) is 4.98 Å². The van der Waals surface area contributed by atoms with Crippen molar-refractivity contribution in [1.29, 1.82) is 0 Å². The molecule has 0 aliphatic rings. The molecule has 2 rings (SSSR count). The van der Waals surface area contributed by atoms with Crippen LogP contribution in [-0.2, 0) is 12.8 Å². The number of alkyl halides is 3. The van der Waals surface area contributed by atoms with Crippen molar-refractivity contribution in [1.82, 2.24) is 4.98 Å². The molecule has 1 aromatic carbocycles. The normalized spacial score (nSPS) is 11.6. The van der Waals surface area contributed by atoms with E-state index in [4.69, 9.17) is 11.6 Å². The first-order valence-corrected chi connectivity index (χ1v) is 5.72. The molecule has 0 saturated heterocycles. The highest BCUT2D eigenvalue weighted by Crippen LogP contribution is 2.34. The molecule has 2 nitrogen and oxygen atoms in total. The topological polar surface area (TPSA) is 33.1 Å². The zero-order valence-corrected chi connectivity index (χ0v) is 10.3. The number of rotatable bonds is 2. The van der Waals surface area contributed by atoms with E-state index in [-0.39, 0.29) is 11.6 Å². The molecular weight excluding hydrogens is 279 g/mol. The second kappa shape index (κ2) is 5.19. The fourth-order valence-electron chi connectivity index (χ4n) is 1.73. The van der Waals surface area contributed by atoms with Crippen molar-refractivity contribution in [2.24, 2.45) is 0 Å². The van der Waals surface area contributed by atoms with Gasteiger partial charge in [-0.25, -0.2) is 0 Å². The summed E-state index contributed by atoms with van der Waals surface area (Å²) in [5, 5.41) is 9.48. The Morgan fingerprint density at radius 1 is 1.21 bits per heavy atom. The third-order valence-electron chi connectivity index (χ3n) is 2.66. The Balaban J connectivity index is 2.57. The second-order valence-corrected chi connectivity index (χ2v) is 4.29. The molecule has 19 heavy (non-hydrogen) atoms. The number of hydrogen-bond acceptors (Lipinski definition) is 2. The summed E-state index contributed by atoms with van der Waals surface area (Å²) in [6.07, 6.45) is -1.70. The lowest BCUT2D eigenvalue weighted by Gasteiger charge is -2.11. The monoisotopic (exact) mass is 287 g/mol. The van der Waals surface area contributed by atoms with Crippen LogP contribution in [0, 0.1) is 0 Å². The van der Waals surface area contributed by atoms with Crippen LogP contribution in [0.1, 0.15) is 11.1 Å². The van der Waals surface area contributed by atoms with E-state index in [1.807, 2.05) is 0 Å². The number of pyridine rings is 1. The van der Waals surface area contributed by atoms with Gasteiger partial charge < -0.3 is 5.11 Å². The van der Waals surface area contributed by atoms with Gasteiger partial charge in [0.05, 0.1) is 17.2 Å². The first-order valence-electron chi connectivity index (χ1n) is 5.34. The molecule has 0 amide bonds. The van der Waals surface area contributed by atoms with Gasteiger partial charge in [0.2, 0.25) is 0 Å². The summed E-state index contributed by atoms with van der Waals surface area (Å²) in [6, 6.07) is 4.81. The molecule has 100 valence electrons. The highest BCUT2D eigenvalue weighted by Gasteiger charge is 2.30. The van der Waals surface area contributed by atoms with Crippen molar-refractivity contribution in [2.45, 2.75) is 12.8 Å². The van der Waals surface area contributed by atoms with Gasteiger partial charge in [0, 0.05) is 23.5 Å². The Labute approximate surface area is 112 Å². The van der Waals surface area contributed by atoms with E-state index in [2.05, 4.69) is 4.98 Å². The lowest BCUT2D eigenvalue weighted by Crippen LogP contribution is -2.04. The molecule has 0 unspecified atom stereocenters. The van der Waals surface area contributed by atoms with Crippen LogP contribution in [0.25, 0.3) is 11.1 Å². The molecule has 0 bridgehead atoms. The molecule has 6 heteroatoms. The summed E-state index contributed by atoms with van der Waals surface area (Å²) >= 11 is 5.86. The largest absolute Gasteiger partial charge is 0.416 e. The van der Waals surface area contributed by atoms with Crippen molar-refractivity contribution in [2.75, 3.05) is 0 Å². The van der Waals surface area contributed by atoms with Crippen LogP contribution in [0.5, 0.6) is 0 Å². The van der Waals surface area contributed by atoms with Crippen molar-refractivity contribution in [3.63, 3.8) is 0 Å². The molecular formula is C13H9ClF3NO. The van der Waals surface area contributed by atoms with Crippen molar-refractivity contribution < 1.29 is 18.3 Å². The summed E-state index contributed by atoms with van der Waals surface area (Å²) in [5.41, 5.74) is 0.305. The van der Waals surface area contributed by atoms with Gasteiger partial charge in [0.15, 0.2) is 0 Å². The maximum absolute atomic E-state index is 12.7. The van der Waals surface area contributed by atoms with Gasteiger partial charge in [-0.1, -0.05) is 23.7 Å². The van der Waals surface area contributed by atoms with Gasteiger partial charge in [0.1, 0.15) is 0 Å². The zero-order valence-electron chi connectivity index (χ0n) is 9.58. The fourth-order valence-corrected chi connectivity index (χ4v) is 1.95. The standard InChI is InChI=1S/C13H9ClF3NO/c14-12-6-18-5-10(11(12)7-19)8-2-1-3-9(4-8)13(15,16)17/h1-6,19H,7H2. The second-order valence-electron chi connectivity index (χ2n) is 3.88. The van der Waals surface area contributed by atoms with Gasteiger partial charge in [-0.15, -0.1) is 0 Å². The van der Waals surface area contributed by atoms with E-state index in [0.29, 0.717) is 16.7 Å². The molecule has 0 aliphatic carbocycles. The Kier molecular flexibility index (Phi) is 3.78. The molecule has 0 atom stereocenters. The summed E-state index contributed by atoms with van der Waals surface area (Å²) in [4.78, 5) is 3.84. The number of nitrogens with zero attached hydrogens (tertiary/aromatic N) is 1. The van der Waals surface area contributed by atoms with E-state index in [1.54, 1.807) is 0 Å². The predicted octanol–water partition coefficient (Wildman–Crippen LogP) is 3.91. The van der Waals surface area contributed by atoms with Crippen LogP contribution < -0.4 is 0 Å². The lowest BCUT2D eigenvalue weighted by atomic mass is 10.0. The quantitative estimate of drug-likeness (QED) is 0.908. The minimum Gasteiger partial charge on any atom is -0.392 e. The summed E-state index contributed by atoms with van der Waals surface area (Å²) in [6.45, 7) is -0.368. The van der Waals surface area contributed by atoms with Gasteiger partial charge in [0.25, 0.3) is 0 Å². The van der Waals surface area contributed by atoms with Gasteiger partial charge in [-0.05, 0) is 17.7 Å². The predicted molar refractivity (Wildman–Crippen MR) is 65.6 cm³/mol. The highest BCUT2D eigenvalue weighted by molar-refractivity contribution is 6.31. The Morgan fingerprint density at radius 2 is 1.95 bits per heavy atom. The molecule has 0 radical (unpaired) electrons. The molecule has 0 fully saturated rings. The van der Waals surface area contributed by atoms with Crippen LogP contribution in [0.3, 0.4) is 0 Å². The minimum atomic E-state index is -4.42. The van der Waals surface area contributed by atoms with Crippen LogP contribution >= 0.6 is 11.6 Å². The molecule has 1 aromatic heterocycles. The highest BCUT2D eigenvalue weighted by atomic mass is 35.5. The summed E-state index contributed by atoms with van der Waals surface area (Å²) in [7, 11) is 0. The van der Waals surface area contributed by atoms with Crippen LogP contribution in [0.2, 0.25) is 5.02 Å². The summed E-state index contributed by atoms with van der Waals surface area (Å²) < 4.78 is 38.0. The Morgan fingerprint density at radius 3 is 2.58 bits per heavy atom. The Bertz CT molecular complexity index is 599. The molecule has 0 spiro atoms. The van der Waals surface area contributed by atoms with E-state index >= 15 is 0 Å². The molecule has 2 aromatic rings. The smallest absolute Gasteiger partial charge is 0.392 e. The third-order valence-corrected chi connectivity index (χ3v) is 2.99. The SMILES string of the molecule is OCc1c(Cl)cncc1-c1cccc(C(F)(F)F)c1. The minimum absolute atomic E-state index is 0.220. The van der Waals surface area contributed by atoms with E-state index < -0.39 is 11.7 Å². The van der Waals surface area contributed by atoms with Crippen LogP contribution in [0.4, 0.5) is 13.2 Å². The number of aliphatic hydroxyl groups excluding tert-OH is 1. The number of aromatic nitrogens is 1. The maximum atomic E-state index is 12.7. The molecule has 1 heterocycles. The average molecular weight is 288 g/mol. The molecule has 0 aliphatic heterocycles. The molecule has 0 saturated carbocycles. The van der Waals surface area contributed by atoms with Crippen LogP contribution in [-0.4, -0.2) is 10.1 Å². The van der Waals surface area contributed by atoms with Gasteiger partial charge >= 0.3 is 6.18 Å². The van der Waals surface area contributed by atoms with Crippen LogP contribution in [0.15, 0.2) is 36.7 Å². The maximum Gasteiger partial charge on any atom is 0.416 e. The number of halogens is 4. The van der Waals surface area contributed by atoms with E-state index in [9.17, 15) is 18.3 Å². The van der Waals surface area contributed by atoms with Gasteiger partial charge in [-0.2, -0.15) is 13.2 Å². The van der Waals surface area contributed by atoms with E-state index in [0.717, 1.165) is 12.1 Å². The fraction of sp³-hybridized carbons (Fsp3) is 0.154. The third kappa shape index (κ3) is 2.88. The van der Waals surface area contributed by atoms with E-state index in [1.165, 1.54) is 24.5 Å². The number of aliphatic hydroxyl groups is 1.